The van der Waals surface area contributed by atoms with Gasteiger partial charge in [0.15, 0.2) is 0 Å². The lowest BCUT2D eigenvalue weighted by Crippen LogP contribution is -2.52. The van der Waals surface area contributed by atoms with E-state index in [1.54, 1.807) is 24.4 Å². The third-order valence-corrected chi connectivity index (χ3v) is 4.32. The van der Waals surface area contributed by atoms with Crippen LogP contribution in [0.3, 0.4) is 0 Å². The van der Waals surface area contributed by atoms with Gasteiger partial charge < -0.3 is 16.5 Å². The van der Waals surface area contributed by atoms with E-state index in [0.717, 1.165) is 25.5 Å². The molecule has 0 unspecified atom stereocenters. The van der Waals surface area contributed by atoms with Crippen LogP contribution in [0, 0.1) is 5.41 Å². The number of carbonyl (C=O) groups is 1. The zero-order valence-corrected chi connectivity index (χ0v) is 13.5. The lowest BCUT2D eigenvalue weighted by Gasteiger charge is -2.38. The summed E-state index contributed by atoms with van der Waals surface area (Å²) in [7, 11) is 0. The van der Waals surface area contributed by atoms with Crippen molar-refractivity contribution in [1.82, 2.24) is 15.3 Å². The van der Waals surface area contributed by atoms with Crippen molar-refractivity contribution in [2.45, 2.75) is 31.7 Å². The molecule has 7 heteroatoms. The van der Waals surface area contributed by atoms with Crippen molar-refractivity contribution in [3.05, 3.63) is 36.2 Å². The molecule has 2 amide bonds. The van der Waals surface area contributed by atoms with E-state index in [-0.39, 0.29) is 11.6 Å². The standard InChI is InChI=1S/C17H20N6O/c1-17(5-2-6-17)23-16(24)22-15-4-3-13-14(21-15)7-11(10-20-13)12(8-18)9-19/h3-4,7-10,18H,2,5-6,19H2,1H3,(H2,21,22,23,24)/b12-9+,18-8?. The Morgan fingerprint density at radius 1 is 1.38 bits per heavy atom. The summed E-state index contributed by atoms with van der Waals surface area (Å²) in [6.45, 7) is 2.04. The molecule has 124 valence electrons. The summed E-state index contributed by atoms with van der Waals surface area (Å²) in [5.41, 5.74) is 7.99. The molecule has 1 saturated carbocycles. The highest BCUT2D eigenvalue weighted by atomic mass is 16.2. The number of pyridine rings is 2. The minimum atomic E-state index is -0.254. The number of nitrogens with zero attached hydrogens (tertiary/aromatic N) is 2. The highest BCUT2D eigenvalue weighted by Gasteiger charge is 2.33. The Balaban J connectivity index is 1.81. The molecular weight excluding hydrogens is 304 g/mol. The van der Waals surface area contributed by atoms with E-state index in [2.05, 4.69) is 20.6 Å². The largest absolute Gasteiger partial charge is 0.404 e. The first-order valence-corrected chi connectivity index (χ1v) is 7.82. The SMILES string of the molecule is CC1(NC(=O)Nc2ccc3ncc(/C(C=N)=C/N)cc3n2)CCC1. The Hall–Kier alpha value is -2.96. The lowest BCUT2D eigenvalue weighted by molar-refractivity contribution is 0.200. The number of anilines is 1. The fraction of sp³-hybridized carbons (Fsp3) is 0.294. The van der Waals surface area contributed by atoms with Crippen molar-refractivity contribution in [2.24, 2.45) is 5.73 Å². The minimum absolute atomic E-state index is 0.111. The minimum Gasteiger partial charge on any atom is -0.404 e. The van der Waals surface area contributed by atoms with Crippen molar-refractivity contribution >= 4 is 34.7 Å². The third-order valence-electron chi connectivity index (χ3n) is 4.32. The van der Waals surface area contributed by atoms with Gasteiger partial charge in [0.1, 0.15) is 5.82 Å². The monoisotopic (exact) mass is 324 g/mol. The molecule has 3 rings (SSSR count). The van der Waals surface area contributed by atoms with E-state index < -0.39 is 0 Å². The third kappa shape index (κ3) is 3.19. The molecule has 1 aliphatic rings. The number of amides is 2. The molecule has 1 fully saturated rings. The maximum absolute atomic E-state index is 12.1. The molecule has 2 aromatic heterocycles. The van der Waals surface area contributed by atoms with Gasteiger partial charge in [-0.1, -0.05) is 0 Å². The molecule has 2 heterocycles. The molecule has 2 aromatic rings. The molecule has 7 nitrogen and oxygen atoms in total. The molecule has 0 aromatic carbocycles. The van der Waals surface area contributed by atoms with E-state index >= 15 is 0 Å². The van der Waals surface area contributed by atoms with Gasteiger partial charge in [0.05, 0.1) is 11.0 Å². The van der Waals surface area contributed by atoms with Gasteiger partial charge in [0, 0.05) is 35.3 Å². The second kappa shape index (κ2) is 6.27. The van der Waals surface area contributed by atoms with Crippen LogP contribution in [-0.2, 0) is 0 Å². The first-order chi connectivity index (χ1) is 11.5. The maximum Gasteiger partial charge on any atom is 0.320 e. The molecule has 24 heavy (non-hydrogen) atoms. The van der Waals surface area contributed by atoms with Crippen molar-refractivity contribution in [2.75, 3.05) is 5.32 Å². The van der Waals surface area contributed by atoms with Crippen LogP contribution in [0.2, 0.25) is 0 Å². The molecule has 0 atom stereocenters. The van der Waals surface area contributed by atoms with Crippen molar-refractivity contribution < 1.29 is 4.79 Å². The number of carbonyl (C=O) groups excluding carboxylic acids is 1. The fourth-order valence-electron chi connectivity index (χ4n) is 2.72. The molecule has 0 aliphatic heterocycles. The van der Waals surface area contributed by atoms with Crippen molar-refractivity contribution in [1.29, 1.82) is 5.41 Å². The summed E-state index contributed by atoms with van der Waals surface area (Å²) < 4.78 is 0. The van der Waals surface area contributed by atoms with E-state index in [0.29, 0.717) is 28.0 Å². The molecule has 0 bridgehead atoms. The number of fused-ring (bicyclic) bond motifs is 1. The van der Waals surface area contributed by atoms with E-state index in [4.69, 9.17) is 11.1 Å². The van der Waals surface area contributed by atoms with Gasteiger partial charge in [-0.3, -0.25) is 10.3 Å². The van der Waals surface area contributed by atoms with Crippen LogP contribution in [0.15, 0.2) is 30.6 Å². The number of nitrogens with two attached hydrogens (primary N) is 1. The van der Waals surface area contributed by atoms with Gasteiger partial charge in [0.25, 0.3) is 0 Å². The second-order valence-electron chi connectivity index (χ2n) is 6.22. The zero-order chi connectivity index (χ0) is 17.2. The van der Waals surface area contributed by atoms with Crippen LogP contribution in [0.5, 0.6) is 0 Å². The Morgan fingerprint density at radius 3 is 2.79 bits per heavy atom. The molecule has 0 radical (unpaired) electrons. The van der Waals surface area contributed by atoms with Crippen LogP contribution >= 0.6 is 0 Å². The number of allylic oxidation sites excluding steroid dienone is 1. The maximum atomic E-state index is 12.1. The van der Waals surface area contributed by atoms with Crippen LogP contribution in [0.1, 0.15) is 31.7 Å². The Kier molecular flexibility index (Phi) is 4.16. The number of rotatable bonds is 4. The van der Waals surface area contributed by atoms with Gasteiger partial charge in [0.2, 0.25) is 0 Å². The van der Waals surface area contributed by atoms with Crippen LogP contribution < -0.4 is 16.4 Å². The quantitative estimate of drug-likeness (QED) is 0.647. The predicted molar refractivity (Wildman–Crippen MR) is 94.9 cm³/mol. The predicted octanol–water partition coefficient (Wildman–Crippen LogP) is 2.64. The Morgan fingerprint density at radius 2 is 2.17 bits per heavy atom. The number of nitrogens with one attached hydrogen (secondary N) is 3. The molecule has 0 saturated heterocycles. The first-order valence-electron chi connectivity index (χ1n) is 7.82. The molecule has 0 spiro atoms. The average Bonchev–Trinajstić information content (AvgIpc) is 2.54. The summed E-state index contributed by atoms with van der Waals surface area (Å²) in [6, 6.07) is 5.05. The normalized spacial score (nSPS) is 16.3. The number of hydrogen-bond acceptors (Lipinski definition) is 5. The number of hydrogen-bond donors (Lipinski definition) is 4. The highest BCUT2D eigenvalue weighted by molar-refractivity contribution is 6.08. The van der Waals surface area contributed by atoms with E-state index in [1.165, 1.54) is 6.20 Å². The van der Waals surface area contributed by atoms with Crippen molar-refractivity contribution in [3.8, 4) is 0 Å². The summed E-state index contributed by atoms with van der Waals surface area (Å²) in [4.78, 5) is 20.8. The zero-order valence-electron chi connectivity index (χ0n) is 13.5. The molecule has 1 aliphatic carbocycles. The van der Waals surface area contributed by atoms with Gasteiger partial charge >= 0.3 is 6.03 Å². The number of aromatic nitrogens is 2. The molecule has 5 N–H and O–H groups in total. The van der Waals surface area contributed by atoms with Gasteiger partial charge in [-0.25, -0.2) is 9.78 Å². The van der Waals surface area contributed by atoms with Crippen LogP contribution in [0.25, 0.3) is 16.6 Å². The summed E-state index contributed by atoms with van der Waals surface area (Å²) in [5, 5.41) is 13.1. The van der Waals surface area contributed by atoms with E-state index in [9.17, 15) is 4.79 Å². The smallest absolute Gasteiger partial charge is 0.320 e. The first kappa shape index (κ1) is 15.9. The van der Waals surface area contributed by atoms with Crippen molar-refractivity contribution in [3.63, 3.8) is 0 Å². The average molecular weight is 324 g/mol. The van der Waals surface area contributed by atoms with Gasteiger partial charge in [-0.05, 0) is 44.4 Å². The van der Waals surface area contributed by atoms with Gasteiger partial charge in [-0.15, -0.1) is 0 Å². The van der Waals surface area contributed by atoms with E-state index in [1.807, 2.05) is 6.92 Å². The Labute approximate surface area is 139 Å². The lowest BCUT2D eigenvalue weighted by atomic mass is 9.79. The Bertz CT molecular complexity index is 825. The van der Waals surface area contributed by atoms with Gasteiger partial charge in [-0.2, -0.15) is 0 Å². The molecular formula is C17H20N6O. The fourth-order valence-corrected chi connectivity index (χ4v) is 2.72. The number of urea groups is 1. The summed E-state index contributed by atoms with van der Waals surface area (Å²) in [5.74, 6) is 0.454. The topological polar surface area (TPSA) is 117 Å². The van der Waals surface area contributed by atoms with Crippen LogP contribution in [-0.4, -0.2) is 27.8 Å². The summed E-state index contributed by atoms with van der Waals surface area (Å²) in [6.07, 6.45) is 7.30. The highest BCUT2D eigenvalue weighted by Crippen LogP contribution is 2.30. The van der Waals surface area contributed by atoms with Crippen LogP contribution in [0.4, 0.5) is 10.6 Å². The second-order valence-corrected chi connectivity index (χ2v) is 6.22. The summed E-state index contributed by atoms with van der Waals surface area (Å²) >= 11 is 0.